The molecule has 0 saturated carbocycles. The SMILES string of the molecule is CC1(C)O[C@@H]2[C@H](O1)[C@@H](OCCCCO[C@H]1O[C@H]([C@H]3COC(C)(C)O3)[C@@H]3OC(C)(C)O[C@H]13)O[C@@H]2[C@H]1COC(C)(C)O1. The second-order valence-corrected chi connectivity index (χ2v) is 13.3. The van der Waals surface area contributed by atoms with Crippen molar-refractivity contribution in [2.75, 3.05) is 26.4 Å². The van der Waals surface area contributed by atoms with E-state index >= 15 is 0 Å². The zero-order valence-corrected chi connectivity index (χ0v) is 24.9. The lowest BCUT2D eigenvalue weighted by Gasteiger charge is -2.27. The highest BCUT2D eigenvalue weighted by molar-refractivity contribution is 5.01. The van der Waals surface area contributed by atoms with Gasteiger partial charge in [0, 0.05) is 13.2 Å². The van der Waals surface area contributed by atoms with Crippen LogP contribution in [0.4, 0.5) is 0 Å². The minimum atomic E-state index is -0.717. The molecule has 6 aliphatic rings. The van der Waals surface area contributed by atoms with Crippen molar-refractivity contribution in [2.45, 2.75) is 153 Å². The lowest BCUT2D eigenvalue weighted by atomic mass is 10.1. The Bertz CT molecular complexity index is 836. The Morgan fingerprint density at radius 3 is 1.20 bits per heavy atom. The van der Waals surface area contributed by atoms with Crippen LogP contribution in [0.2, 0.25) is 0 Å². The van der Waals surface area contributed by atoms with Gasteiger partial charge in [-0.3, -0.25) is 0 Å². The summed E-state index contributed by atoms with van der Waals surface area (Å²) in [7, 11) is 0. The molecule has 0 aromatic heterocycles. The molecule has 0 aromatic carbocycles. The summed E-state index contributed by atoms with van der Waals surface area (Å²) < 4.78 is 73.0. The summed E-state index contributed by atoms with van der Waals surface area (Å²) in [5.74, 6) is -2.74. The van der Waals surface area contributed by atoms with Gasteiger partial charge in [-0.15, -0.1) is 0 Å². The zero-order valence-electron chi connectivity index (χ0n) is 24.9. The Balaban J connectivity index is 0.966. The van der Waals surface area contributed by atoms with Crippen molar-refractivity contribution in [1.29, 1.82) is 0 Å². The van der Waals surface area contributed by atoms with Crippen molar-refractivity contribution >= 4 is 0 Å². The zero-order chi connectivity index (χ0) is 28.5. The molecule has 10 atom stereocenters. The van der Waals surface area contributed by atoms with Crippen LogP contribution in [0.1, 0.15) is 68.2 Å². The van der Waals surface area contributed by atoms with Crippen LogP contribution in [0.5, 0.6) is 0 Å². The molecule has 0 spiro atoms. The largest absolute Gasteiger partial charge is 0.350 e. The summed E-state index contributed by atoms with van der Waals surface area (Å²) in [5, 5.41) is 0. The predicted molar refractivity (Wildman–Crippen MR) is 136 cm³/mol. The van der Waals surface area contributed by atoms with Gasteiger partial charge in [0.05, 0.1) is 13.2 Å². The molecule has 0 amide bonds. The van der Waals surface area contributed by atoms with E-state index in [0.717, 1.165) is 12.8 Å². The van der Waals surface area contributed by atoms with Crippen LogP contribution in [-0.2, 0) is 56.8 Å². The van der Waals surface area contributed by atoms with Crippen molar-refractivity contribution in [3.05, 3.63) is 0 Å². The molecule has 6 heterocycles. The first-order chi connectivity index (χ1) is 18.7. The molecular formula is C28H46O12. The Morgan fingerprint density at radius 1 is 0.475 bits per heavy atom. The maximum Gasteiger partial charge on any atom is 0.187 e. The van der Waals surface area contributed by atoms with E-state index in [1.54, 1.807) is 0 Å². The first-order valence-corrected chi connectivity index (χ1v) is 14.6. The number of rotatable bonds is 9. The van der Waals surface area contributed by atoms with E-state index in [1.165, 1.54) is 0 Å². The summed E-state index contributed by atoms with van der Waals surface area (Å²) >= 11 is 0. The van der Waals surface area contributed by atoms with Crippen molar-refractivity contribution < 1.29 is 56.8 Å². The van der Waals surface area contributed by atoms with Gasteiger partial charge in [0.15, 0.2) is 35.7 Å². The molecule has 0 aromatic rings. The standard InChI is InChI=1S/C28H46O12/c1-25(2)31-13-15(35-25)17-19-21(39-27(5,6)37-19)23(33-17)29-11-9-10-12-30-24-22-20(38-28(7,8)40-22)18(34-24)16-14-32-26(3,4)36-16/h15-24H,9-14H2,1-8H3/t15-,16-,17-,18-,19+,20+,21+,22+,23+,24+/m1/s1. The first-order valence-electron chi connectivity index (χ1n) is 14.6. The van der Waals surface area contributed by atoms with Gasteiger partial charge in [-0.2, -0.15) is 0 Å². The van der Waals surface area contributed by atoms with E-state index < -0.39 is 35.7 Å². The first kappa shape index (κ1) is 29.6. The minimum Gasteiger partial charge on any atom is -0.350 e. The molecule has 6 fully saturated rings. The molecule has 40 heavy (non-hydrogen) atoms. The van der Waals surface area contributed by atoms with Crippen molar-refractivity contribution in [1.82, 2.24) is 0 Å². The van der Waals surface area contributed by atoms with E-state index in [9.17, 15) is 0 Å². The molecule has 0 radical (unpaired) electrons. The summed E-state index contributed by atoms with van der Waals surface area (Å²) in [6.45, 7) is 17.0. The number of hydrogen-bond donors (Lipinski definition) is 0. The second kappa shape index (κ2) is 10.6. The minimum absolute atomic E-state index is 0.250. The molecule has 0 bridgehead atoms. The summed E-state index contributed by atoms with van der Waals surface area (Å²) in [4.78, 5) is 0. The van der Waals surface area contributed by atoms with Gasteiger partial charge in [-0.25, -0.2) is 0 Å². The van der Waals surface area contributed by atoms with Gasteiger partial charge in [-0.1, -0.05) is 0 Å². The highest BCUT2D eigenvalue weighted by Crippen LogP contribution is 2.44. The number of hydrogen-bond acceptors (Lipinski definition) is 12. The van der Waals surface area contributed by atoms with Gasteiger partial charge in [0.2, 0.25) is 0 Å². The summed E-state index contributed by atoms with van der Waals surface area (Å²) in [6.07, 6.45) is -1.97. The third-order valence-corrected chi connectivity index (χ3v) is 7.99. The van der Waals surface area contributed by atoms with Gasteiger partial charge in [-0.05, 0) is 68.2 Å². The molecule has 6 aliphatic heterocycles. The summed E-state index contributed by atoms with van der Waals surface area (Å²) in [6, 6.07) is 0. The van der Waals surface area contributed by atoms with E-state index in [2.05, 4.69) is 0 Å². The summed E-state index contributed by atoms with van der Waals surface area (Å²) in [5.41, 5.74) is 0. The lowest BCUT2D eigenvalue weighted by molar-refractivity contribution is -0.250. The average molecular weight is 575 g/mol. The molecule has 0 unspecified atom stereocenters. The van der Waals surface area contributed by atoms with Crippen LogP contribution >= 0.6 is 0 Å². The molecule has 0 aliphatic carbocycles. The highest BCUT2D eigenvalue weighted by atomic mass is 16.8. The maximum atomic E-state index is 6.25. The molecule has 6 saturated heterocycles. The fraction of sp³-hybridized carbons (Fsp3) is 1.00. The maximum absolute atomic E-state index is 6.25. The highest BCUT2D eigenvalue weighted by Gasteiger charge is 2.61. The Morgan fingerprint density at radius 2 is 0.850 bits per heavy atom. The van der Waals surface area contributed by atoms with E-state index in [4.69, 9.17) is 56.8 Å². The molecule has 12 heteroatoms. The number of fused-ring (bicyclic) bond motifs is 2. The molecule has 0 N–H and O–H groups in total. The van der Waals surface area contributed by atoms with Crippen LogP contribution in [0.15, 0.2) is 0 Å². The molecular weight excluding hydrogens is 528 g/mol. The third-order valence-electron chi connectivity index (χ3n) is 7.99. The number of ether oxygens (including phenoxy) is 12. The normalized spacial score (nSPS) is 46.2. The van der Waals surface area contributed by atoms with Crippen molar-refractivity contribution in [3.8, 4) is 0 Å². The fourth-order valence-corrected chi connectivity index (χ4v) is 6.41. The Labute approximate surface area is 236 Å². The van der Waals surface area contributed by atoms with Crippen LogP contribution in [0.25, 0.3) is 0 Å². The topological polar surface area (TPSA) is 111 Å². The van der Waals surface area contributed by atoms with E-state index in [-0.39, 0.29) is 48.8 Å². The molecule has 230 valence electrons. The Hall–Kier alpha value is -0.480. The van der Waals surface area contributed by atoms with Gasteiger partial charge in [0.1, 0.15) is 48.8 Å². The van der Waals surface area contributed by atoms with E-state index in [1.807, 2.05) is 55.4 Å². The van der Waals surface area contributed by atoms with E-state index in [0.29, 0.717) is 26.4 Å². The van der Waals surface area contributed by atoms with Gasteiger partial charge < -0.3 is 56.8 Å². The smallest absolute Gasteiger partial charge is 0.187 e. The number of unbranched alkanes of at least 4 members (excludes halogenated alkanes) is 1. The monoisotopic (exact) mass is 574 g/mol. The average Bonchev–Trinajstić information content (AvgIpc) is 3.64. The van der Waals surface area contributed by atoms with Crippen LogP contribution in [-0.4, -0.2) is 111 Å². The van der Waals surface area contributed by atoms with Crippen molar-refractivity contribution in [3.63, 3.8) is 0 Å². The third kappa shape index (κ3) is 6.11. The van der Waals surface area contributed by atoms with Crippen LogP contribution in [0, 0.1) is 0 Å². The Kier molecular flexibility index (Phi) is 7.84. The second-order valence-electron chi connectivity index (χ2n) is 13.3. The fourth-order valence-electron chi connectivity index (χ4n) is 6.41. The quantitative estimate of drug-likeness (QED) is 0.378. The van der Waals surface area contributed by atoms with Crippen LogP contribution in [0.3, 0.4) is 0 Å². The molecule has 6 rings (SSSR count). The van der Waals surface area contributed by atoms with Gasteiger partial charge >= 0.3 is 0 Å². The van der Waals surface area contributed by atoms with Crippen molar-refractivity contribution in [2.24, 2.45) is 0 Å². The van der Waals surface area contributed by atoms with Crippen LogP contribution < -0.4 is 0 Å². The predicted octanol–water partition coefficient (Wildman–Crippen LogP) is 2.59. The van der Waals surface area contributed by atoms with Gasteiger partial charge in [0.25, 0.3) is 0 Å². The lowest BCUT2D eigenvalue weighted by Crippen LogP contribution is -2.40. The molecule has 12 nitrogen and oxygen atoms in total.